The highest BCUT2D eigenvalue weighted by molar-refractivity contribution is 6.30. The lowest BCUT2D eigenvalue weighted by Gasteiger charge is -2.13. The Bertz CT molecular complexity index is 1000. The number of rotatable bonds is 3. The number of pyridine rings is 1. The normalized spacial score (nSPS) is 16.5. The molecule has 3 heterocycles. The lowest BCUT2D eigenvalue weighted by atomic mass is 9.93. The lowest BCUT2D eigenvalue weighted by molar-refractivity contribution is 0.194. The highest BCUT2D eigenvalue weighted by Gasteiger charge is 2.24. The number of nitrogens with two attached hydrogens (primary N) is 1. The van der Waals surface area contributed by atoms with Crippen LogP contribution in [-0.2, 0) is 4.74 Å². The van der Waals surface area contributed by atoms with Crippen molar-refractivity contribution in [3.8, 4) is 23.0 Å². The first-order valence-electron chi connectivity index (χ1n) is 8.25. The molecule has 1 aliphatic rings. The number of benzene rings is 1. The van der Waals surface area contributed by atoms with Gasteiger partial charge in [0, 0.05) is 29.3 Å². The van der Waals surface area contributed by atoms with E-state index in [9.17, 15) is 5.26 Å². The maximum atomic E-state index is 9.46. The van der Waals surface area contributed by atoms with Crippen LogP contribution in [0.3, 0.4) is 0 Å². The molecule has 0 aliphatic carbocycles. The standard InChI is InChI=1S/C19H16ClN5O/c20-14-2-1-3-15(6-14)25-10-13(9-23-25)18-7-16(12-4-5-26-11-12)17(8-21)19(22)24-18/h1-3,6-7,9-10,12H,4-5,11H2,(H2,22,24)/t12-/m0/s1. The van der Waals surface area contributed by atoms with Crippen LogP contribution in [0, 0.1) is 11.3 Å². The van der Waals surface area contributed by atoms with Crippen molar-refractivity contribution in [3.63, 3.8) is 0 Å². The third-order valence-electron chi connectivity index (χ3n) is 4.51. The Labute approximate surface area is 155 Å². The topological polar surface area (TPSA) is 89.8 Å². The van der Waals surface area contributed by atoms with Crippen LogP contribution in [0.2, 0.25) is 5.02 Å². The molecule has 0 amide bonds. The molecule has 2 N–H and O–H groups in total. The first kappa shape index (κ1) is 16.6. The number of nitrogen functional groups attached to an aromatic ring is 1. The molecule has 7 heteroatoms. The molecule has 1 aromatic carbocycles. The maximum absolute atomic E-state index is 9.46. The number of nitrogens with zero attached hydrogens (tertiary/aromatic N) is 4. The van der Waals surface area contributed by atoms with Crippen LogP contribution in [0.15, 0.2) is 42.7 Å². The molecule has 1 saturated heterocycles. The van der Waals surface area contributed by atoms with E-state index in [2.05, 4.69) is 16.2 Å². The van der Waals surface area contributed by atoms with Crippen molar-refractivity contribution in [1.29, 1.82) is 5.26 Å². The maximum Gasteiger partial charge on any atom is 0.142 e. The van der Waals surface area contributed by atoms with E-state index >= 15 is 0 Å². The van der Waals surface area contributed by atoms with Gasteiger partial charge in [0.2, 0.25) is 0 Å². The molecule has 1 atom stereocenters. The Balaban J connectivity index is 1.75. The zero-order valence-electron chi connectivity index (χ0n) is 13.9. The van der Waals surface area contributed by atoms with Crippen molar-refractivity contribution in [2.24, 2.45) is 0 Å². The summed E-state index contributed by atoms with van der Waals surface area (Å²) < 4.78 is 7.20. The summed E-state index contributed by atoms with van der Waals surface area (Å²) in [5.74, 6) is 0.402. The average molecular weight is 366 g/mol. The second-order valence-electron chi connectivity index (χ2n) is 6.18. The SMILES string of the molecule is N#Cc1c([C@H]2CCOC2)cc(-c2cnn(-c3cccc(Cl)c3)c2)nc1N. The molecule has 1 fully saturated rings. The van der Waals surface area contributed by atoms with Crippen molar-refractivity contribution in [3.05, 3.63) is 58.9 Å². The smallest absolute Gasteiger partial charge is 0.142 e. The minimum atomic E-state index is 0.164. The van der Waals surface area contributed by atoms with Crippen LogP contribution in [0.1, 0.15) is 23.5 Å². The van der Waals surface area contributed by atoms with Crippen LogP contribution >= 0.6 is 11.6 Å². The largest absolute Gasteiger partial charge is 0.383 e. The predicted octanol–water partition coefficient (Wildman–Crippen LogP) is 3.55. The van der Waals surface area contributed by atoms with Gasteiger partial charge in [0.15, 0.2) is 0 Å². The molecule has 2 aromatic heterocycles. The molecule has 0 spiro atoms. The van der Waals surface area contributed by atoms with Gasteiger partial charge in [-0.15, -0.1) is 0 Å². The van der Waals surface area contributed by atoms with E-state index in [1.54, 1.807) is 10.9 Å². The van der Waals surface area contributed by atoms with Gasteiger partial charge in [-0.3, -0.25) is 0 Å². The summed E-state index contributed by atoms with van der Waals surface area (Å²) in [5.41, 5.74) is 9.75. The van der Waals surface area contributed by atoms with E-state index < -0.39 is 0 Å². The number of anilines is 1. The highest BCUT2D eigenvalue weighted by atomic mass is 35.5. The van der Waals surface area contributed by atoms with Crippen molar-refractivity contribution >= 4 is 17.4 Å². The number of hydrogen-bond donors (Lipinski definition) is 1. The van der Waals surface area contributed by atoms with Crippen LogP contribution < -0.4 is 5.73 Å². The molecule has 0 saturated carbocycles. The summed E-state index contributed by atoms with van der Waals surface area (Å²) in [5, 5.41) is 14.5. The van der Waals surface area contributed by atoms with Gasteiger partial charge < -0.3 is 10.5 Å². The number of hydrogen-bond acceptors (Lipinski definition) is 5. The summed E-state index contributed by atoms with van der Waals surface area (Å²) in [6, 6.07) is 11.5. The van der Waals surface area contributed by atoms with Gasteiger partial charge in [0.25, 0.3) is 0 Å². The third-order valence-corrected chi connectivity index (χ3v) is 4.75. The zero-order chi connectivity index (χ0) is 18.1. The van der Waals surface area contributed by atoms with Crippen LogP contribution in [0.25, 0.3) is 16.9 Å². The molecule has 26 heavy (non-hydrogen) atoms. The summed E-state index contributed by atoms with van der Waals surface area (Å²) in [6.45, 7) is 1.29. The summed E-state index contributed by atoms with van der Waals surface area (Å²) in [4.78, 5) is 4.41. The van der Waals surface area contributed by atoms with E-state index in [1.807, 2.05) is 36.5 Å². The average Bonchev–Trinajstić information content (AvgIpc) is 3.33. The minimum absolute atomic E-state index is 0.164. The van der Waals surface area contributed by atoms with Crippen LogP contribution in [0.4, 0.5) is 5.82 Å². The quantitative estimate of drug-likeness (QED) is 0.766. The highest BCUT2D eigenvalue weighted by Crippen LogP contribution is 2.33. The Morgan fingerprint density at radius 3 is 2.96 bits per heavy atom. The van der Waals surface area contributed by atoms with Gasteiger partial charge in [-0.1, -0.05) is 17.7 Å². The van der Waals surface area contributed by atoms with Crippen molar-refractivity contribution in [2.75, 3.05) is 18.9 Å². The molecule has 0 unspecified atom stereocenters. The molecule has 0 bridgehead atoms. The Kier molecular flexibility index (Phi) is 4.33. The van der Waals surface area contributed by atoms with Gasteiger partial charge in [0.05, 0.1) is 29.7 Å². The number of halogens is 1. The van der Waals surface area contributed by atoms with E-state index in [0.717, 1.165) is 23.2 Å². The van der Waals surface area contributed by atoms with Crippen molar-refractivity contribution in [1.82, 2.24) is 14.8 Å². The number of nitriles is 1. The molecule has 130 valence electrons. The van der Waals surface area contributed by atoms with Crippen LogP contribution in [0.5, 0.6) is 0 Å². The van der Waals surface area contributed by atoms with E-state index in [-0.39, 0.29) is 11.7 Å². The second-order valence-corrected chi connectivity index (χ2v) is 6.62. The van der Waals surface area contributed by atoms with E-state index in [4.69, 9.17) is 22.1 Å². The molecule has 3 aromatic rings. The van der Waals surface area contributed by atoms with Gasteiger partial charge in [-0.05, 0) is 36.2 Å². The number of aromatic nitrogens is 3. The fourth-order valence-electron chi connectivity index (χ4n) is 3.17. The van der Waals surface area contributed by atoms with Crippen LogP contribution in [-0.4, -0.2) is 28.0 Å². The van der Waals surface area contributed by atoms with Crippen molar-refractivity contribution in [2.45, 2.75) is 12.3 Å². The summed E-state index contributed by atoms with van der Waals surface area (Å²) >= 11 is 6.05. The summed E-state index contributed by atoms with van der Waals surface area (Å²) in [6.07, 6.45) is 4.47. The fraction of sp³-hybridized carbons (Fsp3) is 0.211. The second kappa shape index (κ2) is 6.79. The van der Waals surface area contributed by atoms with Gasteiger partial charge in [0.1, 0.15) is 11.9 Å². The zero-order valence-corrected chi connectivity index (χ0v) is 14.6. The Hall–Kier alpha value is -2.88. The molecule has 6 nitrogen and oxygen atoms in total. The molecular formula is C19H16ClN5O. The molecular weight excluding hydrogens is 350 g/mol. The fourth-order valence-corrected chi connectivity index (χ4v) is 3.36. The Morgan fingerprint density at radius 1 is 1.35 bits per heavy atom. The first-order valence-corrected chi connectivity index (χ1v) is 8.63. The van der Waals surface area contributed by atoms with Crippen molar-refractivity contribution < 1.29 is 4.74 Å². The summed E-state index contributed by atoms with van der Waals surface area (Å²) in [7, 11) is 0. The molecule has 0 radical (unpaired) electrons. The Morgan fingerprint density at radius 2 is 2.23 bits per heavy atom. The first-order chi connectivity index (χ1) is 12.7. The monoisotopic (exact) mass is 365 g/mol. The van der Waals surface area contributed by atoms with Gasteiger partial charge in [-0.2, -0.15) is 10.4 Å². The third kappa shape index (κ3) is 3.03. The molecule has 1 aliphatic heterocycles. The van der Waals surface area contributed by atoms with Gasteiger partial charge in [-0.25, -0.2) is 9.67 Å². The molecule has 4 rings (SSSR count). The van der Waals surface area contributed by atoms with E-state index in [1.165, 1.54) is 0 Å². The lowest BCUT2D eigenvalue weighted by Crippen LogP contribution is -2.06. The predicted molar refractivity (Wildman–Crippen MR) is 99.1 cm³/mol. The number of ether oxygens (including phenoxy) is 1. The minimum Gasteiger partial charge on any atom is -0.383 e. The van der Waals surface area contributed by atoms with E-state index in [0.29, 0.717) is 29.5 Å². The van der Waals surface area contributed by atoms with Gasteiger partial charge >= 0.3 is 0 Å².